The Morgan fingerprint density at radius 3 is 2.25 bits per heavy atom. The van der Waals surface area contributed by atoms with E-state index < -0.39 is 11.9 Å². The van der Waals surface area contributed by atoms with Crippen LogP contribution in [-0.4, -0.2) is 101 Å². The van der Waals surface area contributed by atoms with Gasteiger partial charge in [0.2, 0.25) is 24.1 Å². The van der Waals surface area contributed by atoms with Crippen LogP contribution in [0.2, 0.25) is 0 Å². The summed E-state index contributed by atoms with van der Waals surface area (Å²) in [6.07, 6.45) is 8.03. The molecule has 12 heteroatoms. The summed E-state index contributed by atoms with van der Waals surface area (Å²) in [5.74, 6) is 0.342. The molecule has 0 radical (unpaired) electrons. The monoisotopic (exact) mass is 730 g/mol. The second kappa shape index (κ2) is 18.2. The maximum absolute atomic E-state index is 12.8. The quantitative estimate of drug-likeness (QED) is 0.293. The lowest BCUT2D eigenvalue weighted by Crippen LogP contribution is -2.44. The number of piperidine rings is 2. The third-order valence-corrected chi connectivity index (χ3v) is 10.6. The number of ether oxygens (including phenoxy) is 1. The van der Waals surface area contributed by atoms with Gasteiger partial charge in [-0.1, -0.05) is 57.2 Å². The lowest BCUT2D eigenvalue weighted by atomic mass is 9.90. The third-order valence-electron chi connectivity index (χ3n) is 10.6. The summed E-state index contributed by atoms with van der Waals surface area (Å²) in [5.41, 5.74) is 3.89. The number of rotatable bonds is 6. The number of carbonyl (C=O) groups is 4. The Labute approximate surface area is 313 Å². The summed E-state index contributed by atoms with van der Waals surface area (Å²) in [7, 11) is 3.90. The fraction of sp³-hybridized carbons (Fsp3) is 0.585. The number of aromatic nitrogens is 2. The first kappa shape index (κ1) is 39.9. The van der Waals surface area contributed by atoms with Crippen LogP contribution in [0, 0.1) is 11.3 Å². The van der Waals surface area contributed by atoms with E-state index in [0.717, 1.165) is 55.6 Å². The Kier molecular flexibility index (Phi) is 13.7. The molecule has 4 amide bonds. The first-order valence-corrected chi connectivity index (χ1v) is 19.2. The molecule has 4 aliphatic rings. The Hall–Kier alpha value is -4.29. The number of fused-ring (bicyclic) bond motifs is 1. The van der Waals surface area contributed by atoms with E-state index in [1.807, 2.05) is 41.3 Å². The standard InChI is InChI=1S/C20H26N4O3.C11H13NO2.C10H19NO/c1-22-9-7-13(8-10-22)11-14-3-4-15-17(12-14)23(2)20(27)24(15)16-5-6-18(25)21-19(16)26;13-9-12-6-7-14-11(8-12)10-4-2-1-3-5-10;1-10(2,3)8-9(12)11-6-4-5-7-11/h3-4,12-13,16H,5-11H2,1-2H3,(H,21,25,26);1-5,9,11H,6-8H2;4-8H2,1-3H3. The van der Waals surface area contributed by atoms with Crippen LogP contribution in [0.5, 0.6) is 0 Å². The van der Waals surface area contributed by atoms with Crippen LogP contribution in [0.1, 0.15) is 89.0 Å². The van der Waals surface area contributed by atoms with Gasteiger partial charge in [-0.2, -0.15) is 0 Å². The number of hydrogen-bond acceptors (Lipinski definition) is 7. The van der Waals surface area contributed by atoms with Crippen LogP contribution < -0.4 is 11.0 Å². The summed E-state index contributed by atoms with van der Waals surface area (Å²) in [4.78, 5) is 64.8. The van der Waals surface area contributed by atoms with Crippen LogP contribution >= 0.6 is 0 Å². The van der Waals surface area contributed by atoms with E-state index in [0.29, 0.717) is 44.4 Å². The number of carbonyl (C=O) groups excluding carboxylic acids is 4. The number of benzene rings is 2. The number of amides is 4. The van der Waals surface area contributed by atoms with E-state index in [1.165, 1.54) is 35.8 Å². The second-order valence-corrected chi connectivity index (χ2v) is 16.1. The van der Waals surface area contributed by atoms with Crippen molar-refractivity contribution in [1.82, 2.24) is 29.2 Å². The molecule has 5 heterocycles. The van der Waals surface area contributed by atoms with Crippen molar-refractivity contribution in [3.05, 3.63) is 70.1 Å². The topological polar surface area (TPSA) is 126 Å². The van der Waals surface area contributed by atoms with Gasteiger partial charge in [0.15, 0.2) is 0 Å². The molecule has 1 N–H and O–H groups in total. The van der Waals surface area contributed by atoms with Gasteiger partial charge < -0.3 is 19.4 Å². The van der Waals surface area contributed by atoms with Crippen LogP contribution in [0.15, 0.2) is 53.3 Å². The Morgan fingerprint density at radius 2 is 1.60 bits per heavy atom. The molecule has 0 aliphatic carbocycles. The van der Waals surface area contributed by atoms with Crippen molar-refractivity contribution in [2.75, 3.05) is 52.9 Å². The van der Waals surface area contributed by atoms with Crippen molar-refractivity contribution < 1.29 is 23.9 Å². The molecule has 2 atom stereocenters. The molecule has 3 aromatic rings. The molecule has 2 aromatic carbocycles. The van der Waals surface area contributed by atoms with E-state index in [1.54, 1.807) is 16.5 Å². The van der Waals surface area contributed by atoms with Gasteiger partial charge in [0.1, 0.15) is 12.1 Å². The summed E-state index contributed by atoms with van der Waals surface area (Å²) >= 11 is 0. The van der Waals surface area contributed by atoms with E-state index >= 15 is 0 Å². The zero-order valence-corrected chi connectivity index (χ0v) is 32.2. The fourth-order valence-electron chi connectivity index (χ4n) is 7.53. The average Bonchev–Trinajstić information content (AvgIpc) is 3.77. The van der Waals surface area contributed by atoms with Gasteiger partial charge in [-0.15, -0.1) is 0 Å². The number of nitrogens with zero attached hydrogens (tertiary/aromatic N) is 5. The maximum atomic E-state index is 12.8. The Balaban J connectivity index is 0.000000174. The molecule has 288 valence electrons. The predicted octanol–water partition coefficient (Wildman–Crippen LogP) is 4.46. The molecule has 4 aliphatic heterocycles. The van der Waals surface area contributed by atoms with Crippen molar-refractivity contribution >= 4 is 35.2 Å². The number of imide groups is 1. The van der Waals surface area contributed by atoms with Crippen molar-refractivity contribution in [2.24, 2.45) is 18.4 Å². The number of morpholine rings is 1. The number of hydrogen-bond donors (Lipinski definition) is 1. The van der Waals surface area contributed by atoms with Gasteiger partial charge in [-0.3, -0.25) is 33.6 Å². The van der Waals surface area contributed by atoms with E-state index in [-0.39, 0.29) is 29.5 Å². The lowest BCUT2D eigenvalue weighted by molar-refractivity contribution is -0.136. The van der Waals surface area contributed by atoms with Crippen LogP contribution in [0.25, 0.3) is 11.0 Å². The van der Waals surface area contributed by atoms with Crippen molar-refractivity contribution in [3.63, 3.8) is 0 Å². The summed E-state index contributed by atoms with van der Waals surface area (Å²) in [5, 5.41) is 2.35. The Morgan fingerprint density at radius 1 is 0.906 bits per heavy atom. The fourth-order valence-corrected chi connectivity index (χ4v) is 7.53. The molecule has 2 unspecified atom stereocenters. The van der Waals surface area contributed by atoms with Crippen molar-refractivity contribution in [2.45, 2.75) is 84.3 Å². The average molecular weight is 731 g/mol. The summed E-state index contributed by atoms with van der Waals surface area (Å²) in [6.45, 7) is 12.6. The minimum Gasteiger partial charge on any atom is -0.370 e. The smallest absolute Gasteiger partial charge is 0.329 e. The van der Waals surface area contributed by atoms with E-state index in [2.05, 4.69) is 50.2 Å². The molecule has 0 saturated carbocycles. The first-order chi connectivity index (χ1) is 25.3. The predicted molar refractivity (Wildman–Crippen MR) is 205 cm³/mol. The van der Waals surface area contributed by atoms with Gasteiger partial charge in [0.05, 0.1) is 24.2 Å². The SMILES string of the molecule is CC(C)(C)CC(=O)N1CCCC1.CN1CCC(Cc2ccc3c(c2)n(C)c(=O)n3C2CCC(=O)NC2=O)CC1.O=CN1CCOC(c2ccccc2)C1. The maximum Gasteiger partial charge on any atom is 0.329 e. The highest BCUT2D eigenvalue weighted by molar-refractivity contribution is 6.00. The van der Waals surface area contributed by atoms with E-state index in [4.69, 9.17) is 4.74 Å². The molecule has 7 rings (SSSR count). The number of likely N-dealkylation sites (tertiary alicyclic amines) is 2. The Bertz CT molecular complexity index is 1760. The molecular weight excluding hydrogens is 672 g/mol. The zero-order valence-electron chi connectivity index (χ0n) is 32.2. The minimum atomic E-state index is -0.626. The van der Waals surface area contributed by atoms with Crippen LogP contribution in [0.4, 0.5) is 0 Å². The summed E-state index contributed by atoms with van der Waals surface area (Å²) < 4.78 is 8.74. The molecule has 12 nitrogen and oxygen atoms in total. The third kappa shape index (κ3) is 10.9. The largest absolute Gasteiger partial charge is 0.370 e. The molecule has 53 heavy (non-hydrogen) atoms. The van der Waals surface area contributed by atoms with E-state index in [9.17, 15) is 24.0 Å². The van der Waals surface area contributed by atoms with Crippen molar-refractivity contribution in [1.29, 1.82) is 0 Å². The second-order valence-electron chi connectivity index (χ2n) is 16.1. The molecule has 4 saturated heterocycles. The molecule has 0 bridgehead atoms. The summed E-state index contributed by atoms with van der Waals surface area (Å²) in [6, 6.07) is 15.5. The molecule has 4 fully saturated rings. The van der Waals surface area contributed by atoms with Gasteiger partial charge in [0, 0.05) is 39.5 Å². The van der Waals surface area contributed by atoms with Crippen molar-refractivity contribution in [3.8, 4) is 0 Å². The van der Waals surface area contributed by atoms with Gasteiger partial charge >= 0.3 is 5.69 Å². The molecule has 1 aromatic heterocycles. The number of nitrogens with one attached hydrogen (secondary N) is 1. The molecule has 0 spiro atoms. The highest BCUT2D eigenvalue weighted by Crippen LogP contribution is 2.27. The van der Waals surface area contributed by atoms with Gasteiger partial charge in [0.25, 0.3) is 0 Å². The molecular formula is C41H58N6O6. The number of imidazole rings is 1. The van der Waals surface area contributed by atoms with Gasteiger partial charge in [-0.25, -0.2) is 4.79 Å². The first-order valence-electron chi connectivity index (χ1n) is 19.2. The number of aryl methyl sites for hydroxylation is 1. The van der Waals surface area contributed by atoms with Crippen LogP contribution in [0.3, 0.4) is 0 Å². The highest BCUT2D eigenvalue weighted by atomic mass is 16.5. The highest BCUT2D eigenvalue weighted by Gasteiger charge is 2.31. The minimum absolute atomic E-state index is 0.0372. The van der Waals surface area contributed by atoms with Crippen LogP contribution in [-0.2, 0) is 37.4 Å². The normalized spacial score (nSPS) is 21.4. The zero-order chi connectivity index (χ0) is 38.1. The lowest BCUT2D eigenvalue weighted by Gasteiger charge is -2.30. The van der Waals surface area contributed by atoms with Gasteiger partial charge in [-0.05, 0) is 93.3 Å².